The fourth-order valence-electron chi connectivity index (χ4n) is 3.87. The van der Waals surface area contributed by atoms with E-state index in [1.165, 1.54) is 20.1 Å². The van der Waals surface area contributed by atoms with E-state index in [-0.39, 0.29) is 5.69 Å². The van der Waals surface area contributed by atoms with E-state index < -0.39 is 29.0 Å². The Bertz CT molecular complexity index is 1310. The van der Waals surface area contributed by atoms with Crippen LogP contribution in [0.25, 0.3) is 10.9 Å². The highest BCUT2D eigenvalue weighted by Gasteiger charge is 2.47. The largest absolute Gasteiger partial charge is 0.493 e. The number of methoxy groups -OCH3 is 2. The van der Waals surface area contributed by atoms with Crippen LogP contribution in [0.3, 0.4) is 0 Å². The second-order valence-corrected chi connectivity index (χ2v) is 9.51. The zero-order valence-electron chi connectivity index (χ0n) is 22.6. The number of anilines is 2. The molecular formula is C27H34F2N4O5. The molecular weight excluding hydrogens is 498 g/mol. The summed E-state index contributed by atoms with van der Waals surface area (Å²) in [7, 11) is 3.10. The van der Waals surface area contributed by atoms with Crippen LogP contribution in [-0.2, 0) is 15.5 Å². The summed E-state index contributed by atoms with van der Waals surface area (Å²) in [5.41, 5.74) is -1.52. The summed E-state index contributed by atoms with van der Waals surface area (Å²) in [5.74, 6) is -2.08. The Labute approximate surface area is 220 Å². The van der Waals surface area contributed by atoms with Gasteiger partial charge >= 0.3 is 5.92 Å². The van der Waals surface area contributed by atoms with Crippen molar-refractivity contribution in [3.05, 3.63) is 47.3 Å². The van der Waals surface area contributed by atoms with Gasteiger partial charge in [0, 0.05) is 36.7 Å². The molecule has 206 valence electrons. The molecule has 0 bridgehead atoms. The normalized spacial score (nSPS) is 12.8. The number of ether oxygens (including phenoxy) is 3. The fourth-order valence-corrected chi connectivity index (χ4v) is 3.87. The summed E-state index contributed by atoms with van der Waals surface area (Å²) in [6, 6.07) is 7.02. The van der Waals surface area contributed by atoms with Gasteiger partial charge in [0.25, 0.3) is 0 Å². The molecule has 1 amide bonds. The number of hydrogen-bond donors (Lipinski definition) is 3. The fraction of sp³-hybridized carbons (Fsp3) is 0.444. The molecule has 1 heterocycles. The van der Waals surface area contributed by atoms with E-state index in [4.69, 9.17) is 14.2 Å². The van der Waals surface area contributed by atoms with Crippen molar-refractivity contribution in [3.8, 4) is 11.5 Å². The number of benzene rings is 2. The number of hydrogen-bond acceptors (Lipinski definition) is 8. The highest BCUT2D eigenvalue weighted by atomic mass is 19.3. The van der Waals surface area contributed by atoms with Gasteiger partial charge in [0.2, 0.25) is 5.91 Å². The van der Waals surface area contributed by atoms with Gasteiger partial charge < -0.3 is 30.0 Å². The van der Waals surface area contributed by atoms with Crippen molar-refractivity contribution in [2.24, 2.45) is 0 Å². The first-order valence-electron chi connectivity index (χ1n) is 12.0. The molecule has 0 spiro atoms. The maximum Gasteiger partial charge on any atom is 0.300 e. The Morgan fingerprint density at radius 1 is 1.08 bits per heavy atom. The zero-order chi connectivity index (χ0) is 28.3. The highest BCUT2D eigenvalue weighted by molar-refractivity contribution is 5.92. The molecule has 0 radical (unpaired) electrons. The van der Waals surface area contributed by atoms with Crippen LogP contribution in [0, 0.1) is 6.92 Å². The molecule has 0 aliphatic rings. The third-order valence-electron chi connectivity index (χ3n) is 5.90. The molecule has 11 heteroatoms. The van der Waals surface area contributed by atoms with Crippen LogP contribution in [0.2, 0.25) is 0 Å². The smallest absolute Gasteiger partial charge is 0.300 e. The molecule has 1 aromatic heterocycles. The molecule has 2 aromatic carbocycles. The Morgan fingerprint density at radius 3 is 2.39 bits per heavy atom. The van der Waals surface area contributed by atoms with E-state index in [1.54, 1.807) is 39.2 Å². The minimum atomic E-state index is -3.58. The topological polar surface area (TPSA) is 115 Å². The molecule has 0 aliphatic heterocycles. The van der Waals surface area contributed by atoms with Crippen molar-refractivity contribution in [3.63, 3.8) is 0 Å². The van der Waals surface area contributed by atoms with Crippen LogP contribution in [0.15, 0.2) is 30.3 Å². The average Bonchev–Trinajstić information content (AvgIpc) is 2.82. The van der Waals surface area contributed by atoms with Gasteiger partial charge in [-0.1, -0.05) is 0 Å². The number of nitrogens with one attached hydrogen (secondary N) is 2. The van der Waals surface area contributed by atoms with Crippen LogP contribution >= 0.6 is 0 Å². The molecule has 0 unspecified atom stereocenters. The number of halogens is 2. The van der Waals surface area contributed by atoms with Crippen molar-refractivity contribution >= 4 is 28.3 Å². The van der Waals surface area contributed by atoms with Crippen molar-refractivity contribution in [2.75, 3.05) is 38.1 Å². The summed E-state index contributed by atoms with van der Waals surface area (Å²) in [5, 5.41) is 16.6. The molecule has 0 saturated heterocycles. The quantitative estimate of drug-likeness (QED) is 0.297. The Hall–Kier alpha value is -3.57. The number of nitrogens with zero attached hydrogens (tertiary/aromatic N) is 2. The number of carbonyl (C=O) groups excluding carboxylic acids is 1. The van der Waals surface area contributed by atoms with Crippen LogP contribution in [0.5, 0.6) is 11.5 Å². The third-order valence-corrected chi connectivity index (χ3v) is 5.90. The first kappa shape index (κ1) is 29.0. The summed E-state index contributed by atoms with van der Waals surface area (Å²) < 4.78 is 46.6. The number of aryl methyl sites for hydroxylation is 1. The summed E-state index contributed by atoms with van der Waals surface area (Å²) >= 11 is 0. The predicted molar refractivity (Wildman–Crippen MR) is 141 cm³/mol. The monoisotopic (exact) mass is 532 g/mol. The number of amides is 1. The van der Waals surface area contributed by atoms with E-state index >= 15 is 8.78 Å². The molecule has 0 saturated carbocycles. The van der Waals surface area contributed by atoms with Crippen LogP contribution in [0.4, 0.5) is 20.3 Å². The first-order chi connectivity index (χ1) is 17.8. The molecule has 1 atom stereocenters. The summed E-state index contributed by atoms with van der Waals surface area (Å²) in [6.45, 7) is 7.57. The zero-order valence-corrected chi connectivity index (χ0v) is 22.6. The number of aliphatic hydroxyl groups is 1. The van der Waals surface area contributed by atoms with Crippen LogP contribution in [-0.4, -0.2) is 54.0 Å². The highest BCUT2D eigenvalue weighted by Crippen LogP contribution is 2.41. The predicted octanol–water partition coefficient (Wildman–Crippen LogP) is 4.97. The molecule has 9 nitrogen and oxygen atoms in total. The average molecular weight is 533 g/mol. The maximum absolute atomic E-state index is 15.1. The van der Waals surface area contributed by atoms with Gasteiger partial charge in [-0.3, -0.25) is 4.79 Å². The van der Waals surface area contributed by atoms with Crippen molar-refractivity contribution in [1.82, 2.24) is 9.97 Å². The Balaban J connectivity index is 2.07. The van der Waals surface area contributed by atoms with Gasteiger partial charge in [-0.25, -0.2) is 9.97 Å². The van der Waals surface area contributed by atoms with Crippen LogP contribution < -0.4 is 20.1 Å². The van der Waals surface area contributed by atoms with E-state index in [2.05, 4.69) is 20.6 Å². The third kappa shape index (κ3) is 6.46. The maximum atomic E-state index is 15.1. The lowest BCUT2D eigenvalue weighted by atomic mass is 9.91. The van der Waals surface area contributed by atoms with Gasteiger partial charge in [-0.15, -0.1) is 0 Å². The lowest BCUT2D eigenvalue weighted by Crippen LogP contribution is -2.40. The van der Waals surface area contributed by atoms with Crippen LogP contribution in [0.1, 0.15) is 50.7 Å². The molecule has 3 N–H and O–H groups in total. The second-order valence-electron chi connectivity index (χ2n) is 9.51. The van der Waals surface area contributed by atoms with E-state index in [9.17, 15) is 9.90 Å². The number of alkyl halides is 2. The van der Waals surface area contributed by atoms with Crippen molar-refractivity contribution in [1.29, 1.82) is 0 Å². The lowest BCUT2D eigenvalue weighted by Gasteiger charge is -2.30. The number of fused-ring (bicyclic) bond motifs is 1. The minimum absolute atomic E-state index is 0.185. The second kappa shape index (κ2) is 11.4. The molecule has 0 fully saturated rings. The summed E-state index contributed by atoms with van der Waals surface area (Å²) in [6.07, 6.45) is 0. The standard InChI is InChI=1S/C27H34F2N4O5/c1-15(18-10-19(27(28,29)26(4,5)35)12-20(11-18)33-17(3)34)30-25-21-13-24(38-9-8-36-6)23(37-7)14-22(21)31-16(2)32-25/h10-15,35H,8-9H2,1-7H3,(H,33,34)(H,30,31,32)/t15-/m1/s1. The minimum Gasteiger partial charge on any atom is -0.493 e. The Kier molecular flexibility index (Phi) is 8.73. The van der Waals surface area contributed by atoms with Gasteiger partial charge in [0.15, 0.2) is 11.5 Å². The van der Waals surface area contributed by atoms with E-state index in [0.29, 0.717) is 52.8 Å². The Morgan fingerprint density at radius 2 is 1.79 bits per heavy atom. The molecule has 3 aromatic rings. The lowest BCUT2D eigenvalue weighted by molar-refractivity contribution is -0.168. The number of carbonyl (C=O) groups is 1. The van der Waals surface area contributed by atoms with E-state index in [0.717, 1.165) is 19.9 Å². The van der Waals surface area contributed by atoms with Crippen molar-refractivity contribution < 1.29 is 32.9 Å². The van der Waals surface area contributed by atoms with E-state index in [1.807, 2.05) is 0 Å². The SMILES string of the molecule is COCCOc1cc2c(N[C@H](C)c3cc(NC(C)=O)cc(C(F)(F)C(C)(C)O)c3)nc(C)nc2cc1OC. The van der Waals surface area contributed by atoms with Gasteiger partial charge in [-0.05, 0) is 57.5 Å². The van der Waals surface area contributed by atoms with Gasteiger partial charge in [0.1, 0.15) is 23.9 Å². The number of aromatic nitrogens is 2. The van der Waals surface area contributed by atoms with Crippen molar-refractivity contribution in [2.45, 2.75) is 52.2 Å². The number of rotatable bonds is 11. The van der Waals surface area contributed by atoms with Gasteiger partial charge in [-0.2, -0.15) is 8.78 Å². The summed E-state index contributed by atoms with van der Waals surface area (Å²) in [4.78, 5) is 20.7. The molecule has 3 rings (SSSR count). The van der Waals surface area contributed by atoms with Gasteiger partial charge in [0.05, 0.1) is 25.3 Å². The molecule has 38 heavy (non-hydrogen) atoms. The first-order valence-corrected chi connectivity index (χ1v) is 12.0. The molecule has 0 aliphatic carbocycles.